The first kappa shape index (κ1) is 18.9. The van der Waals surface area contributed by atoms with E-state index in [1.807, 2.05) is 43.3 Å². The summed E-state index contributed by atoms with van der Waals surface area (Å²) in [4.78, 5) is 25.4. The molecule has 29 heavy (non-hydrogen) atoms. The van der Waals surface area contributed by atoms with Gasteiger partial charge in [0.05, 0.1) is 22.3 Å². The normalized spacial score (nSPS) is 15.6. The molecule has 1 aliphatic rings. The van der Waals surface area contributed by atoms with Crippen LogP contribution < -0.4 is 10.6 Å². The molecule has 144 valence electrons. The summed E-state index contributed by atoms with van der Waals surface area (Å²) in [6.45, 7) is 1.85. The van der Waals surface area contributed by atoms with Crippen molar-refractivity contribution in [2.45, 2.75) is 17.1 Å². The second-order valence-corrected chi connectivity index (χ2v) is 7.88. The van der Waals surface area contributed by atoms with Gasteiger partial charge in [-0.15, -0.1) is 11.8 Å². The van der Waals surface area contributed by atoms with E-state index < -0.39 is 0 Å². The van der Waals surface area contributed by atoms with Gasteiger partial charge in [0.1, 0.15) is 0 Å². The smallest absolute Gasteiger partial charge is 0.255 e. The summed E-state index contributed by atoms with van der Waals surface area (Å²) in [5.74, 6) is -0.301. The molecule has 0 radical (unpaired) electrons. The van der Waals surface area contributed by atoms with Crippen molar-refractivity contribution >= 4 is 46.3 Å². The predicted molar refractivity (Wildman–Crippen MR) is 115 cm³/mol. The van der Waals surface area contributed by atoms with Crippen LogP contribution in [0.5, 0.6) is 0 Å². The molecule has 3 aromatic rings. The maximum atomic E-state index is 12.6. The molecular weight excluding hydrogens is 384 g/mol. The molecule has 0 spiro atoms. The summed E-state index contributed by atoms with van der Waals surface area (Å²) < 4.78 is 0. The van der Waals surface area contributed by atoms with Crippen LogP contribution in [0.15, 0.2) is 87.9 Å². The minimum atomic E-state index is -0.246. The molecule has 0 fully saturated rings. The van der Waals surface area contributed by atoms with Gasteiger partial charge in [0, 0.05) is 16.1 Å². The summed E-state index contributed by atoms with van der Waals surface area (Å²) in [6.07, 6.45) is 0. The number of carbonyl (C=O) groups is 2. The van der Waals surface area contributed by atoms with Gasteiger partial charge < -0.3 is 10.6 Å². The predicted octanol–water partition coefficient (Wildman–Crippen LogP) is 5.79. The monoisotopic (exact) mass is 402 g/mol. The Morgan fingerprint density at radius 1 is 0.966 bits per heavy atom. The molecule has 0 saturated carbocycles. The standard InChI is InChI=1S/C22H18N4O2S/c1-14-21(27)24-19-13-15(7-12-20(19)29-14)22(28)23-16-8-10-18(11-9-16)26-25-17-5-3-2-4-6-17/h2-14H,1H3,(H,23,28)(H,24,27). The van der Waals surface area contributed by atoms with Gasteiger partial charge in [-0.3, -0.25) is 9.59 Å². The lowest BCUT2D eigenvalue weighted by molar-refractivity contribution is -0.115. The Labute approximate surface area is 172 Å². The van der Waals surface area contributed by atoms with Gasteiger partial charge in [0.25, 0.3) is 5.91 Å². The van der Waals surface area contributed by atoms with Crippen molar-refractivity contribution in [1.82, 2.24) is 0 Å². The Balaban J connectivity index is 1.43. The SMILES string of the molecule is CC1Sc2ccc(C(=O)Nc3ccc(N=Nc4ccccc4)cc3)cc2NC1=O. The highest BCUT2D eigenvalue weighted by molar-refractivity contribution is 8.00. The van der Waals surface area contributed by atoms with Crippen LogP contribution in [-0.2, 0) is 4.79 Å². The molecule has 2 N–H and O–H groups in total. The number of hydrogen-bond acceptors (Lipinski definition) is 5. The third-order valence-corrected chi connectivity index (χ3v) is 5.51. The van der Waals surface area contributed by atoms with Gasteiger partial charge in [0.2, 0.25) is 5.91 Å². The van der Waals surface area contributed by atoms with Crippen LogP contribution in [0.3, 0.4) is 0 Å². The fourth-order valence-electron chi connectivity index (χ4n) is 2.77. The minimum Gasteiger partial charge on any atom is -0.324 e. The quantitative estimate of drug-likeness (QED) is 0.542. The number of rotatable bonds is 4. The molecule has 0 aromatic heterocycles. The van der Waals surface area contributed by atoms with E-state index in [2.05, 4.69) is 20.9 Å². The van der Waals surface area contributed by atoms with Crippen molar-refractivity contribution in [3.8, 4) is 0 Å². The van der Waals surface area contributed by atoms with Crippen molar-refractivity contribution in [3.05, 3.63) is 78.4 Å². The van der Waals surface area contributed by atoms with Crippen LogP contribution in [0.4, 0.5) is 22.7 Å². The number of azo groups is 1. The molecule has 1 heterocycles. The average Bonchev–Trinajstić information content (AvgIpc) is 2.74. The third kappa shape index (κ3) is 4.52. The Morgan fingerprint density at radius 2 is 1.66 bits per heavy atom. The maximum absolute atomic E-state index is 12.6. The van der Waals surface area contributed by atoms with Gasteiger partial charge in [-0.1, -0.05) is 18.2 Å². The zero-order chi connectivity index (χ0) is 20.2. The summed E-state index contributed by atoms with van der Waals surface area (Å²) in [5, 5.41) is 13.9. The fourth-order valence-corrected chi connectivity index (χ4v) is 3.71. The van der Waals surface area contributed by atoms with Crippen LogP contribution in [0.25, 0.3) is 0 Å². The van der Waals surface area contributed by atoms with Gasteiger partial charge >= 0.3 is 0 Å². The number of benzene rings is 3. The molecule has 4 rings (SSSR count). The van der Waals surface area contributed by atoms with Crippen LogP contribution in [0.2, 0.25) is 0 Å². The number of fused-ring (bicyclic) bond motifs is 1. The number of thioether (sulfide) groups is 1. The molecule has 1 atom stereocenters. The van der Waals surface area contributed by atoms with Gasteiger partial charge in [-0.25, -0.2) is 0 Å². The van der Waals surface area contributed by atoms with Crippen molar-refractivity contribution in [2.75, 3.05) is 10.6 Å². The van der Waals surface area contributed by atoms with Gasteiger partial charge in [0.15, 0.2) is 0 Å². The van der Waals surface area contributed by atoms with Gasteiger partial charge in [-0.05, 0) is 61.5 Å². The number of hydrogen-bond donors (Lipinski definition) is 2. The van der Waals surface area contributed by atoms with Crippen molar-refractivity contribution < 1.29 is 9.59 Å². The van der Waals surface area contributed by atoms with E-state index in [0.717, 1.165) is 10.6 Å². The van der Waals surface area contributed by atoms with E-state index in [-0.39, 0.29) is 17.1 Å². The molecule has 6 nitrogen and oxygen atoms in total. The number of carbonyl (C=O) groups excluding carboxylic acids is 2. The summed E-state index contributed by atoms with van der Waals surface area (Å²) in [7, 11) is 0. The highest BCUT2D eigenvalue weighted by atomic mass is 32.2. The third-order valence-electron chi connectivity index (χ3n) is 4.33. The van der Waals surface area contributed by atoms with E-state index in [1.165, 1.54) is 11.8 Å². The first-order valence-corrected chi connectivity index (χ1v) is 9.96. The second-order valence-electron chi connectivity index (χ2n) is 6.50. The van der Waals surface area contributed by atoms with E-state index in [4.69, 9.17) is 0 Å². The largest absolute Gasteiger partial charge is 0.324 e. The molecule has 0 bridgehead atoms. The second kappa shape index (κ2) is 8.28. The Bertz CT molecular complexity index is 1080. The summed E-state index contributed by atoms with van der Waals surface area (Å²) in [6, 6.07) is 21.9. The summed E-state index contributed by atoms with van der Waals surface area (Å²) >= 11 is 1.49. The lowest BCUT2D eigenvalue weighted by Crippen LogP contribution is -2.26. The minimum absolute atomic E-state index is 0.0553. The first-order valence-electron chi connectivity index (χ1n) is 9.08. The lowest BCUT2D eigenvalue weighted by atomic mass is 10.1. The number of amides is 2. The zero-order valence-corrected chi connectivity index (χ0v) is 16.4. The topological polar surface area (TPSA) is 82.9 Å². The van der Waals surface area contributed by atoms with Crippen molar-refractivity contribution in [2.24, 2.45) is 10.2 Å². The molecule has 7 heteroatoms. The Morgan fingerprint density at radius 3 is 2.38 bits per heavy atom. The van der Waals surface area contributed by atoms with Crippen LogP contribution in [-0.4, -0.2) is 17.1 Å². The van der Waals surface area contributed by atoms with Crippen molar-refractivity contribution in [1.29, 1.82) is 0 Å². The van der Waals surface area contributed by atoms with Gasteiger partial charge in [-0.2, -0.15) is 10.2 Å². The highest BCUT2D eigenvalue weighted by Crippen LogP contribution is 2.36. The maximum Gasteiger partial charge on any atom is 0.255 e. The molecule has 2 amide bonds. The molecular formula is C22H18N4O2S. The van der Waals surface area contributed by atoms with Crippen LogP contribution in [0.1, 0.15) is 17.3 Å². The Kier molecular flexibility index (Phi) is 5.39. The number of nitrogens with zero attached hydrogens (tertiary/aromatic N) is 2. The zero-order valence-electron chi connectivity index (χ0n) is 15.6. The lowest BCUT2D eigenvalue weighted by Gasteiger charge is -2.21. The number of anilines is 2. The molecule has 0 aliphatic carbocycles. The van der Waals surface area contributed by atoms with Crippen LogP contribution in [0, 0.1) is 0 Å². The van der Waals surface area contributed by atoms with E-state index >= 15 is 0 Å². The summed E-state index contributed by atoms with van der Waals surface area (Å²) in [5.41, 5.74) is 3.26. The van der Waals surface area contributed by atoms with E-state index in [0.29, 0.717) is 22.6 Å². The van der Waals surface area contributed by atoms with E-state index in [9.17, 15) is 9.59 Å². The molecule has 1 aliphatic heterocycles. The molecule has 1 unspecified atom stereocenters. The van der Waals surface area contributed by atoms with Crippen LogP contribution >= 0.6 is 11.8 Å². The fraction of sp³-hybridized carbons (Fsp3) is 0.0909. The molecule has 0 saturated heterocycles. The first-order chi connectivity index (χ1) is 14.1. The average molecular weight is 402 g/mol. The van der Waals surface area contributed by atoms with E-state index in [1.54, 1.807) is 36.4 Å². The molecule has 3 aromatic carbocycles. The Hall–Kier alpha value is -3.45. The number of nitrogens with one attached hydrogen (secondary N) is 2. The highest BCUT2D eigenvalue weighted by Gasteiger charge is 2.23. The van der Waals surface area contributed by atoms with Crippen molar-refractivity contribution in [3.63, 3.8) is 0 Å².